The molecule has 5 nitrogen and oxygen atoms in total. The van der Waals surface area contributed by atoms with Crippen LogP contribution in [-0.2, 0) is 10.0 Å². The summed E-state index contributed by atoms with van der Waals surface area (Å²) >= 11 is 3.17. The summed E-state index contributed by atoms with van der Waals surface area (Å²) in [6, 6.07) is 4.05. The molecular weight excluding hydrogens is 296 g/mol. The van der Waals surface area contributed by atoms with Gasteiger partial charge in [0.2, 0.25) is 10.0 Å². The number of hydrogen-bond donors (Lipinski definition) is 2. The van der Waals surface area contributed by atoms with E-state index in [-0.39, 0.29) is 16.4 Å². The van der Waals surface area contributed by atoms with Crippen LogP contribution in [0.3, 0.4) is 0 Å². The molecule has 0 aliphatic carbocycles. The molecule has 1 aromatic rings. The van der Waals surface area contributed by atoms with Crippen molar-refractivity contribution in [1.29, 1.82) is 0 Å². The Labute approximate surface area is 102 Å². The molecule has 0 aliphatic heterocycles. The van der Waals surface area contributed by atoms with Crippen LogP contribution >= 0.6 is 15.9 Å². The van der Waals surface area contributed by atoms with E-state index in [1.54, 1.807) is 6.92 Å². The number of hydrogen-bond acceptors (Lipinski definition) is 3. The number of sulfonamides is 1. The summed E-state index contributed by atoms with van der Waals surface area (Å²) in [5.74, 6) is -0.347. The minimum absolute atomic E-state index is 0.0862. The molecule has 1 amide bonds. The van der Waals surface area contributed by atoms with E-state index in [1.807, 2.05) is 0 Å². The van der Waals surface area contributed by atoms with Crippen molar-refractivity contribution in [2.24, 2.45) is 5.14 Å². The molecule has 0 saturated heterocycles. The lowest BCUT2D eigenvalue weighted by Gasteiger charge is -2.06. The van der Waals surface area contributed by atoms with Crippen molar-refractivity contribution in [2.45, 2.75) is 11.8 Å². The van der Waals surface area contributed by atoms with E-state index in [0.29, 0.717) is 11.0 Å². The maximum Gasteiger partial charge on any atom is 0.252 e. The van der Waals surface area contributed by atoms with E-state index < -0.39 is 10.0 Å². The molecule has 0 bridgehead atoms. The number of nitrogens with two attached hydrogens (primary N) is 1. The van der Waals surface area contributed by atoms with Gasteiger partial charge in [-0.25, -0.2) is 13.6 Å². The second kappa shape index (κ2) is 4.94. The average Bonchev–Trinajstić information content (AvgIpc) is 2.16. The Morgan fingerprint density at radius 2 is 2.12 bits per heavy atom. The number of benzene rings is 1. The molecule has 0 aromatic heterocycles. The lowest BCUT2D eigenvalue weighted by atomic mass is 10.2. The second-order valence-electron chi connectivity index (χ2n) is 3.05. The Kier molecular flexibility index (Phi) is 4.06. The summed E-state index contributed by atoms with van der Waals surface area (Å²) in [6.45, 7) is 2.24. The smallest absolute Gasteiger partial charge is 0.252 e. The summed E-state index contributed by atoms with van der Waals surface area (Å²) in [4.78, 5) is 11.5. The van der Waals surface area contributed by atoms with Gasteiger partial charge in [-0.2, -0.15) is 0 Å². The van der Waals surface area contributed by atoms with Crippen molar-refractivity contribution in [3.8, 4) is 0 Å². The summed E-state index contributed by atoms with van der Waals surface area (Å²) in [7, 11) is -3.79. The first-order valence-electron chi connectivity index (χ1n) is 4.46. The lowest BCUT2D eigenvalue weighted by Crippen LogP contribution is -2.23. The molecule has 3 N–H and O–H groups in total. The van der Waals surface area contributed by atoms with Gasteiger partial charge in [-0.05, 0) is 41.1 Å². The van der Waals surface area contributed by atoms with Gasteiger partial charge in [0.15, 0.2) is 0 Å². The van der Waals surface area contributed by atoms with Crippen LogP contribution in [0, 0.1) is 0 Å². The van der Waals surface area contributed by atoms with Crippen LogP contribution in [0.25, 0.3) is 0 Å². The van der Waals surface area contributed by atoms with E-state index in [2.05, 4.69) is 21.2 Å². The quantitative estimate of drug-likeness (QED) is 0.867. The highest BCUT2D eigenvalue weighted by Gasteiger charge is 2.14. The van der Waals surface area contributed by atoms with Gasteiger partial charge < -0.3 is 5.32 Å². The number of halogens is 1. The van der Waals surface area contributed by atoms with Gasteiger partial charge in [0.25, 0.3) is 5.91 Å². The normalized spacial score (nSPS) is 11.2. The molecular formula is C9H11BrN2O3S. The van der Waals surface area contributed by atoms with Crippen molar-refractivity contribution < 1.29 is 13.2 Å². The molecule has 88 valence electrons. The van der Waals surface area contributed by atoms with Gasteiger partial charge in [-0.1, -0.05) is 0 Å². The SMILES string of the molecule is CCNC(=O)c1cc(S(N)(=O)=O)ccc1Br. The standard InChI is InChI=1S/C9H11BrN2O3S/c1-2-12-9(13)7-5-6(16(11,14)15)3-4-8(7)10/h3-5H,2H2,1H3,(H,12,13)(H2,11,14,15). The fraction of sp³-hybridized carbons (Fsp3) is 0.222. The zero-order valence-corrected chi connectivity index (χ0v) is 10.9. The average molecular weight is 307 g/mol. The first kappa shape index (κ1) is 13.1. The Hall–Kier alpha value is -0.920. The van der Waals surface area contributed by atoms with Gasteiger partial charge in [0.1, 0.15) is 0 Å². The third-order valence-corrected chi connectivity index (χ3v) is 3.45. The molecule has 0 unspecified atom stereocenters. The van der Waals surface area contributed by atoms with E-state index in [0.717, 1.165) is 0 Å². The number of amides is 1. The van der Waals surface area contributed by atoms with Crippen molar-refractivity contribution in [3.63, 3.8) is 0 Å². The first-order chi connectivity index (χ1) is 7.36. The largest absolute Gasteiger partial charge is 0.352 e. The number of rotatable bonds is 3. The molecule has 0 radical (unpaired) electrons. The molecule has 0 saturated carbocycles. The summed E-state index contributed by atoms with van der Waals surface area (Å²) in [5.41, 5.74) is 0.244. The van der Waals surface area contributed by atoms with E-state index in [1.165, 1.54) is 18.2 Å². The number of carbonyl (C=O) groups is 1. The first-order valence-corrected chi connectivity index (χ1v) is 6.80. The molecule has 0 atom stereocenters. The maximum absolute atomic E-state index is 11.6. The van der Waals surface area contributed by atoms with Crippen molar-refractivity contribution >= 4 is 31.9 Å². The molecule has 1 rings (SSSR count). The van der Waals surface area contributed by atoms with Crippen LogP contribution in [0.1, 0.15) is 17.3 Å². The van der Waals surface area contributed by atoms with Crippen molar-refractivity contribution in [1.82, 2.24) is 5.32 Å². The predicted molar refractivity (Wildman–Crippen MR) is 63.5 cm³/mol. The molecule has 0 heterocycles. The minimum atomic E-state index is -3.79. The topological polar surface area (TPSA) is 89.3 Å². The fourth-order valence-corrected chi connectivity index (χ4v) is 2.08. The fourth-order valence-electron chi connectivity index (χ4n) is 1.11. The van der Waals surface area contributed by atoms with Gasteiger partial charge in [-0.15, -0.1) is 0 Å². The third-order valence-electron chi connectivity index (χ3n) is 1.85. The van der Waals surface area contributed by atoms with E-state index in [4.69, 9.17) is 5.14 Å². The number of nitrogens with one attached hydrogen (secondary N) is 1. The summed E-state index contributed by atoms with van der Waals surface area (Å²) in [5, 5.41) is 7.55. The van der Waals surface area contributed by atoms with Crippen molar-refractivity contribution in [3.05, 3.63) is 28.2 Å². The maximum atomic E-state index is 11.6. The molecule has 16 heavy (non-hydrogen) atoms. The third kappa shape index (κ3) is 3.03. The Morgan fingerprint density at radius 1 is 1.50 bits per heavy atom. The van der Waals surface area contributed by atoms with Crippen LogP contribution in [0.4, 0.5) is 0 Å². The van der Waals surface area contributed by atoms with Crippen molar-refractivity contribution in [2.75, 3.05) is 6.54 Å². The highest BCUT2D eigenvalue weighted by Crippen LogP contribution is 2.20. The molecule has 0 fully saturated rings. The summed E-state index contributed by atoms with van der Waals surface area (Å²) < 4.78 is 22.7. The van der Waals surface area contributed by atoms with Gasteiger partial charge in [0.05, 0.1) is 10.5 Å². The second-order valence-corrected chi connectivity index (χ2v) is 5.46. The predicted octanol–water partition coefficient (Wildman–Crippen LogP) is 0.846. The number of carbonyl (C=O) groups excluding carboxylic acids is 1. The van der Waals surface area contributed by atoms with Gasteiger partial charge >= 0.3 is 0 Å². The zero-order valence-electron chi connectivity index (χ0n) is 8.53. The molecule has 0 spiro atoms. The van der Waals surface area contributed by atoms with Crippen LogP contribution in [0.2, 0.25) is 0 Å². The lowest BCUT2D eigenvalue weighted by molar-refractivity contribution is 0.0955. The number of primary sulfonamides is 1. The van der Waals surface area contributed by atoms with E-state index in [9.17, 15) is 13.2 Å². The molecule has 7 heteroatoms. The zero-order chi connectivity index (χ0) is 12.3. The summed E-state index contributed by atoms with van der Waals surface area (Å²) in [6.07, 6.45) is 0. The highest BCUT2D eigenvalue weighted by atomic mass is 79.9. The monoisotopic (exact) mass is 306 g/mol. The molecule has 1 aromatic carbocycles. The Morgan fingerprint density at radius 3 is 2.62 bits per heavy atom. The highest BCUT2D eigenvalue weighted by molar-refractivity contribution is 9.10. The van der Waals surface area contributed by atoms with Crippen LogP contribution in [0.15, 0.2) is 27.6 Å². The van der Waals surface area contributed by atoms with Crippen LogP contribution in [-0.4, -0.2) is 20.9 Å². The van der Waals surface area contributed by atoms with Crippen LogP contribution < -0.4 is 10.5 Å². The van der Waals surface area contributed by atoms with E-state index >= 15 is 0 Å². The Balaban J connectivity index is 3.24. The van der Waals surface area contributed by atoms with Crippen LogP contribution in [0.5, 0.6) is 0 Å². The Bertz CT molecular complexity index is 513. The molecule has 0 aliphatic rings. The van der Waals surface area contributed by atoms with Gasteiger partial charge in [-0.3, -0.25) is 4.79 Å². The van der Waals surface area contributed by atoms with Gasteiger partial charge in [0, 0.05) is 11.0 Å². The minimum Gasteiger partial charge on any atom is -0.352 e.